The summed E-state index contributed by atoms with van der Waals surface area (Å²) in [5.74, 6) is -2.76. The summed E-state index contributed by atoms with van der Waals surface area (Å²) < 4.78 is 21.5. The molecule has 2 heterocycles. The van der Waals surface area contributed by atoms with Gasteiger partial charge in [0.25, 0.3) is 0 Å². The number of carbonyl (C=O) groups is 1. The van der Waals surface area contributed by atoms with E-state index in [9.17, 15) is 40.5 Å². The lowest BCUT2D eigenvalue weighted by Gasteiger charge is -2.43. The van der Waals surface area contributed by atoms with E-state index in [0.717, 1.165) is 19.3 Å². The molecule has 2 fully saturated rings. The maximum absolute atomic E-state index is 12.2. The molecule has 2 rings (SSSR count). The van der Waals surface area contributed by atoms with Crippen LogP contribution in [0.1, 0.15) is 103 Å². The van der Waals surface area contributed by atoms with Crippen molar-refractivity contribution in [2.24, 2.45) is 0 Å². The molecule has 0 aromatic heterocycles. The lowest BCUT2D eigenvalue weighted by molar-refractivity contribution is -0.383. The van der Waals surface area contributed by atoms with Crippen LogP contribution in [0, 0.1) is 0 Å². The van der Waals surface area contributed by atoms with Crippen LogP contribution in [-0.2, 0) is 23.7 Å². The zero-order valence-electron chi connectivity index (χ0n) is 24.5. The van der Waals surface area contributed by atoms with Crippen LogP contribution >= 0.6 is 0 Å². The minimum absolute atomic E-state index is 0.194. The van der Waals surface area contributed by atoms with Crippen LogP contribution in [-0.4, -0.2) is 116 Å². The summed E-state index contributed by atoms with van der Waals surface area (Å²) in [6, 6.07) is 0. The highest BCUT2D eigenvalue weighted by molar-refractivity contribution is 5.69. The Morgan fingerprint density at radius 1 is 0.707 bits per heavy atom. The van der Waals surface area contributed by atoms with E-state index in [-0.39, 0.29) is 6.42 Å². The lowest BCUT2D eigenvalue weighted by atomic mass is 9.99. The fourth-order valence-corrected chi connectivity index (χ4v) is 5.33. The Hall–Kier alpha value is -0.930. The lowest BCUT2D eigenvalue weighted by Crippen LogP contribution is -2.62. The number of esters is 1. The van der Waals surface area contributed by atoms with E-state index in [0.29, 0.717) is 6.42 Å². The van der Waals surface area contributed by atoms with Crippen LogP contribution in [0.3, 0.4) is 0 Å². The van der Waals surface area contributed by atoms with E-state index in [2.05, 4.69) is 6.92 Å². The first-order valence-electron chi connectivity index (χ1n) is 15.5. The molecule has 2 saturated heterocycles. The molecule has 41 heavy (non-hydrogen) atoms. The van der Waals surface area contributed by atoms with E-state index in [1.807, 2.05) is 0 Å². The number of aliphatic hydroxyl groups is 7. The first kappa shape index (κ1) is 36.3. The van der Waals surface area contributed by atoms with Crippen LogP contribution in [0.2, 0.25) is 0 Å². The molecule has 0 aliphatic carbocycles. The predicted molar refractivity (Wildman–Crippen MR) is 147 cm³/mol. The Morgan fingerprint density at radius 3 is 1.73 bits per heavy atom. The summed E-state index contributed by atoms with van der Waals surface area (Å²) >= 11 is 0. The molecule has 9 atom stereocenters. The largest absolute Gasteiger partial charge is 0.463 e. The molecule has 2 aliphatic rings. The van der Waals surface area contributed by atoms with Crippen molar-refractivity contribution in [1.82, 2.24) is 0 Å². The van der Waals surface area contributed by atoms with E-state index in [1.165, 1.54) is 64.2 Å². The van der Waals surface area contributed by atoms with Crippen molar-refractivity contribution in [3.05, 3.63) is 0 Å². The number of carbonyl (C=O) groups excluding carboxylic acids is 1. The summed E-state index contributed by atoms with van der Waals surface area (Å²) in [4.78, 5) is 12.2. The van der Waals surface area contributed by atoms with Gasteiger partial charge in [-0.05, 0) is 6.42 Å². The first-order chi connectivity index (χ1) is 19.7. The summed E-state index contributed by atoms with van der Waals surface area (Å²) in [6.45, 7) is 0.139. The van der Waals surface area contributed by atoms with Crippen molar-refractivity contribution in [3.8, 4) is 0 Å². The van der Waals surface area contributed by atoms with E-state index in [1.54, 1.807) is 0 Å². The second-order valence-corrected chi connectivity index (χ2v) is 11.4. The molecule has 0 spiro atoms. The summed E-state index contributed by atoms with van der Waals surface area (Å²) in [7, 11) is 0. The Balaban J connectivity index is 1.64. The highest BCUT2D eigenvalue weighted by Gasteiger charge is 2.58. The fraction of sp³-hybridized carbons (Fsp3) is 0.966. The van der Waals surface area contributed by atoms with Gasteiger partial charge in [-0.15, -0.1) is 0 Å². The number of aliphatic hydroxyl groups excluding tert-OH is 7. The molecular formula is C29H54O12. The first-order valence-corrected chi connectivity index (χ1v) is 15.5. The predicted octanol–water partition coefficient (Wildman–Crippen LogP) is 1.03. The van der Waals surface area contributed by atoms with Gasteiger partial charge in [0.15, 0.2) is 6.29 Å². The van der Waals surface area contributed by atoms with Gasteiger partial charge >= 0.3 is 5.97 Å². The highest BCUT2D eigenvalue weighted by atomic mass is 16.8. The van der Waals surface area contributed by atoms with Gasteiger partial charge in [-0.1, -0.05) is 90.4 Å². The molecule has 0 saturated carbocycles. The molecule has 0 aromatic carbocycles. The molecule has 0 unspecified atom stereocenters. The third-order valence-electron chi connectivity index (χ3n) is 8.03. The standard InChI is InChI=1S/C29H54O12/c1-2-3-4-5-6-7-8-9-10-11-12-13-14-15-16-22(32)38-18-21-23(33)25(35)26(36)28(39-21)41-29(19-31)27(37)24(34)20(17-30)40-29/h20-21,23-28,30-31,33-37H,2-19H2,1H3/t20-,21-,23-,24-,25+,26-,27+,28-,29+/m1/s1. The number of hydrogen-bond acceptors (Lipinski definition) is 12. The van der Waals surface area contributed by atoms with Gasteiger partial charge in [-0.25, -0.2) is 0 Å². The normalized spacial score (nSPS) is 33.8. The summed E-state index contributed by atoms with van der Waals surface area (Å²) in [6.07, 6.45) is 4.10. The van der Waals surface area contributed by atoms with Crippen molar-refractivity contribution in [2.45, 2.75) is 158 Å². The number of ether oxygens (including phenoxy) is 4. The molecule has 12 nitrogen and oxygen atoms in total. The molecule has 0 radical (unpaired) electrons. The Morgan fingerprint density at radius 2 is 1.24 bits per heavy atom. The van der Waals surface area contributed by atoms with Crippen molar-refractivity contribution in [1.29, 1.82) is 0 Å². The highest BCUT2D eigenvalue weighted by Crippen LogP contribution is 2.36. The van der Waals surface area contributed by atoms with Crippen LogP contribution in [0.15, 0.2) is 0 Å². The molecule has 0 bridgehead atoms. The van der Waals surface area contributed by atoms with Gasteiger partial charge < -0.3 is 54.7 Å². The topological polar surface area (TPSA) is 196 Å². The number of rotatable bonds is 21. The SMILES string of the molecule is CCCCCCCCCCCCCCCCC(=O)OC[C@H]1O[C@H](O[C@]2(CO)O[C@H](CO)[C@@H](O)[C@@H]2O)[C@H](O)[C@@H](O)[C@@H]1O. The van der Waals surface area contributed by atoms with E-state index in [4.69, 9.17) is 18.9 Å². The van der Waals surface area contributed by atoms with Crippen LogP contribution in [0.25, 0.3) is 0 Å². The average molecular weight is 595 g/mol. The van der Waals surface area contributed by atoms with Gasteiger partial charge in [0, 0.05) is 6.42 Å². The monoisotopic (exact) mass is 594 g/mol. The van der Waals surface area contributed by atoms with Crippen molar-refractivity contribution < 1.29 is 59.5 Å². The molecule has 0 amide bonds. The quantitative estimate of drug-likeness (QED) is 0.0738. The van der Waals surface area contributed by atoms with Gasteiger partial charge in [0.1, 0.15) is 55.9 Å². The molecule has 7 N–H and O–H groups in total. The number of hydrogen-bond donors (Lipinski definition) is 7. The molecule has 242 valence electrons. The number of unbranched alkanes of at least 4 members (excludes halogenated alkanes) is 13. The Labute approximate surface area is 243 Å². The Kier molecular flexibility index (Phi) is 17.1. The van der Waals surface area contributed by atoms with Gasteiger partial charge in [0.05, 0.1) is 6.61 Å². The molecule has 0 aromatic rings. The smallest absolute Gasteiger partial charge is 0.305 e. The third-order valence-corrected chi connectivity index (χ3v) is 8.03. The summed E-state index contributed by atoms with van der Waals surface area (Å²) in [5, 5.41) is 70.4. The molecule has 2 aliphatic heterocycles. The van der Waals surface area contributed by atoms with Gasteiger partial charge in [0.2, 0.25) is 5.79 Å². The minimum Gasteiger partial charge on any atom is -0.463 e. The van der Waals surface area contributed by atoms with Crippen molar-refractivity contribution >= 4 is 5.97 Å². The van der Waals surface area contributed by atoms with Crippen LogP contribution in [0.5, 0.6) is 0 Å². The zero-order valence-corrected chi connectivity index (χ0v) is 24.5. The summed E-state index contributed by atoms with van der Waals surface area (Å²) in [5.41, 5.74) is 0. The second-order valence-electron chi connectivity index (χ2n) is 11.4. The van der Waals surface area contributed by atoms with Crippen molar-refractivity contribution in [3.63, 3.8) is 0 Å². The van der Waals surface area contributed by atoms with Crippen LogP contribution in [0.4, 0.5) is 0 Å². The van der Waals surface area contributed by atoms with Gasteiger partial charge in [-0.2, -0.15) is 0 Å². The van der Waals surface area contributed by atoms with Crippen LogP contribution < -0.4 is 0 Å². The van der Waals surface area contributed by atoms with E-state index >= 15 is 0 Å². The molecule has 12 heteroatoms. The maximum Gasteiger partial charge on any atom is 0.305 e. The van der Waals surface area contributed by atoms with E-state index < -0.39 is 80.6 Å². The Bertz CT molecular complexity index is 711. The maximum atomic E-state index is 12.2. The second kappa shape index (κ2) is 19.4. The van der Waals surface area contributed by atoms with Crippen molar-refractivity contribution in [2.75, 3.05) is 19.8 Å². The van der Waals surface area contributed by atoms with Gasteiger partial charge in [-0.3, -0.25) is 4.79 Å². The molecular weight excluding hydrogens is 540 g/mol. The fourth-order valence-electron chi connectivity index (χ4n) is 5.33. The zero-order chi connectivity index (χ0) is 30.3. The average Bonchev–Trinajstić information content (AvgIpc) is 3.21. The minimum atomic E-state index is -2.27. The third kappa shape index (κ3) is 11.3.